The molecule has 2 saturated heterocycles. The van der Waals surface area contributed by atoms with Gasteiger partial charge in [-0.1, -0.05) is 11.6 Å². The maximum Gasteiger partial charge on any atom is 0.410 e. The Morgan fingerprint density at radius 1 is 1.31 bits per heavy atom. The van der Waals surface area contributed by atoms with Gasteiger partial charge in [0.25, 0.3) is 0 Å². The monoisotopic (exact) mass is 505 g/mol. The van der Waals surface area contributed by atoms with Crippen LogP contribution < -0.4 is 9.64 Å². The number of carbonyl (C=O) groups excluding carboxylic acids is 1. The van der Waals surface area contributed by atoms with Gasteiger partial charge in [-0.05, 0) is 60.7 Å². The van der Waals surface area contributed by atoms with Gasteiger partial charge >= 0.3 is 6.09 Å². The van der Waals surface area contributed by atoms with Gasteiger partial charge in [0.2, 0.25) is 5.88 Å². The third kappa shape index (κ3) is 4.27. The second kappa shape index (κ2) is 8.62. The highest BCUT2D eigenvalue weighted by atomic mass is 35.5. The van der Waals surface area contributed by atoms with Gasteiger partial charge in [0, 0.05) is 30.6 Å². The molecule has 2 fully saturated rings. The molecule has 2 bridgehead atoms. The molecule has 0 unspecified atom stereocenters. The summed E-state index contributed by atoms with van der Waals surface area (Å²) in [5.41, 5.74) is 0.200. The van der Waals surface area contributed by atoms with Crippen molar-refractivity contribution in [2.75, 3.05) is 32.1 Å². The molecule has 0 N–H and O–H groups in total. The molecule has 4 atom stereocenters. The van der Waals surface area contributed by atoms with E-state index in [-0.39, 0.29) is 41.4 Å². The predicted octanol–water partition coefficient (Wildman–Crippen LogP) is 4.26. The second-order valence-corrected chi connectivity index (χ2v) is 11.4. The SMILES string of the molecule is C[C@@H]1Oc2nc(Cl)c(F)c3cc(CCN(C)C)nc(c23)N2C[C@H]3CC[C@@H]([C@@H]12)N3C(=O)OC(C)(C)C. The van der Waals surface area contributed by atoms with Crippen LogP contribution in [0.15, 0.2) is 6.07 Å². The standard InChI is InChI=1S/C25H33ClFN5O3/c1-13-20-17-8-7-15(32(17)24(33)35-25(2,3)4)12-31(20)22-18-16(11-14(28-22)9-10-30(5)6)19(27)21(26)29-23(18)34-13/h11,13,15,17,20H,7-10,12H2,1-6H3/t13-,15+,17-,20+/m0/s1. The second-order valence-electron chi connectivity index (χ2n) is 11.1. The number of carbonyl (C=O) groups is 1. The summed E-state index contributed by atoms with van der Waals surface area (Å²) < 4.78 is 27.3. The molecule has 35 heavy (non-hydrogen) atoms. The molecule has 3 aliphatic heterocycles. The molecule has 0 spiro atoms. The van der Waals surface area contributed by atoms with Crippen molar-refractivity contribution in [2.24, 2.45) is 0 Å². The number of halogens is 2. The number of amides is 1. The number of piperazine rings is 1. The minimum atomic E-state index is -0.581. The maximum atomic E-state index is 15.3. The average molecular weight is 506 g/mol. The lowest BCUT2D eigenvalue weighted by molar-refractivity contribution is 0.000955. The Morgan fingerprint density at radius 2 is 2.06 bits per heavy atom. The number of ether oxygens (including phenoxy) is 2. The van der Waals surface area contributed by atoms with Crippen LogP contribution in [0.3, 0.4) is 0 Å². The van der Waals surface area contributed by atoms with Crippen molar-refractivity contribution in [3.8, 4) is 5.88 Å². The average Bonchev–Trinajstić information content (AvgIpc) is 3.01. The van der Waals surface area contributed by atoms with Gasteiger partial charge in [0.15, 0.2) is 11.0 Å². The quantitative estimate of drug-likeness (QED) is 0.577. The molecular formula is C25H33ClFN5O3. The lowest BCUT2D eigenvalue weighted by Gasteiger charge is -2.48. The summed E-state index contributed by atoms with van der Waals surface area (Å²) in [6, 6.07) is 1.44. The number of aromatic nitrogens is 2. The lowest BCUT2D eigenvalue weighted by atomic mass is 9.98. The molecule has 2 aromatic heterocycles. The smallest absolute Gasteiger partial charge is 0.410 e. The van der Waals surface area contributed by atoms with Gasteiger partial charge in [0.1, 0.15) is 17.5 Å². The van der Waals surface area contributed by atoms with E-state index in [9.17, 15) is 4.79 Å². The van der Waals surface area contributed by atoms with Gasteiger partial charge in [-0.2, -0.15) is 4.98 Å². The van der Waals surface area contributed by atoms with Gasteiger partial charge < -0.3 is 19.3 Å². The van der Waals surface area contributed by atoms with Gasteiger partial charge in [-0.25, -0.2) is 14.2 Å². The minimum Gasteiger partial charge on any atom is -0.472 e. The van der Waals surface area contributed by atoms with Crippen LogP contribution in [0.2, 0.25) is 5.15 Å². The van der Waals surface area contributed by atoms with E-state index in [4.69, 9.17) is 26.1 Å². The Labute approximate surface area is 210 Å². The molecule has 3 aliphatic rings. The summed E-state index contributed by atoms with van der Waals surface area (Å²) in [6.07, 6.45) is 1.73. The van der Waals surface area contributed by atoms with Crippen LogP contribution in [0.4, 0.5) is 15.0 Å². The zero-order chi connectivity index (χ0) is 25.2. The third-order valence-electron chi connectivity index (χ3n) is 7.06. The lowest BCUT2D eigenvalue weighted by Crippen LogP contribution is -2.65. The molecule has 8 nitrogen and oxygen atoms in total. The first kappa shape index (κ1) is 24.3. The predicted molar refractivity (Wildman–Crippen MR) is 133 cm³/mol. The number of hydrogen-bond donors (Lipinski definition) is 0. The Kier molecular flexibility index (Phi) is 5.99. The van der Waals surface area contributed by atoms with Crippen molar-refractivity contribution in [3.05, 3.63) is 22.7 Å². The van der Waals surface area contributed by atoms with E-state index in [0.717, 1.165) is 25.1 Å². The number of likely N-dealkylation sites (N-methyl/N-ethyl adjacent to an activating group) is 1. The largest absolute Gasteiger partial charge is 0.472 e. The highest BCUT2D eigenvalue weighted by Crippen LogP contribution is 2.46. The summed E-state index contributed by atoms with van der Waals surface area (Å²) in [7, 11) is 3.99. The van der Waals surface area contributed by atoms with Crippen molar-refractivity contribution in [2.45, 2.75) is 76.8 Å². The molecule has 5 heterocycles. The fraction of sp³-hybridized carbons (Fsp3) is 0.640. The highest BCUT2D eigenvalue weighted by molar-refractivity contribution is 6.30. The molecule has 2 aromatic rings. The summed E-state index contributed by atoms with van der Waals surface area (Å²) >= 11 is 6.19. The number of fused-ring (bicyclic) bond motifs is 5. The Balaban J connectivity index is 1.62. The van der Waals surface area contributed by atoms with E-state index in [1.54, 1.807) is 6.07 Å². The zero-order valence-corrected chi connectivity index (χ0v) is 21.9. The normalized spacial score (nSPS) is 25.5. The first-order valence-electron chi connectivity index (χ1n) is 12.2. The fourth-order valence-electron chi connectivity index (χ4n) is 5.65. The maximum absolute atomic E-state index is 15.3. The number of rotatable bonds is 3. The highest BCUT2D eigenvalue weighted by Gasteiger charge is 2.53. The van der Waals surface area contributed by atoms with Gasteiger partial charge in [0.05, 0.1) is 23.5 Å². The summed E-state index contributed by atoms with van der Waals surface area (Å²) in [6.45, 7) is 8.94. The molecule has 0 aromatic carbocycles. The number of hydrogen-bond acceptors (Lipinski definition) is 7. The molecule has 10 heteroatoms. The van der Waals surface area contributed by atoms with Crippen molar-refractivity contribution >= 4 is 34.3 Å². The first-order chi connectivity index (χ1) is 16.4. The summed E-state index contributed by atoms with van der Waals surface area (Å²) in [5.74, 6) is 0.379. The molecule has 5 rings (SSSR count). The molecule has 0 aliphatic carbocycles. The Bertz CT molecular complexity index is 1170. The number of nitrogens with zero attached hydrogens (tertiary/aromatic N) is 5. The number of pyridine rings is 2. The Hall–Kier alpha value is -2.39. The summed E-state index contributed by atoms with van der Waals surface area (Å²) in [5, 5.41) is 0.695. The molecule has 1 amide bonds. The molecule has 0 radical (unpaired) electrons. The van der Waals surface area contributed by atoms with E-state index >= 15 is 4.39 Å². The summed E-state index contributed by atoms with van der Waals surface area (Å²) in [4.78, 5) is 28.6. The minimum absolute atomic E-state index is 0.0211. The molecule has 0 saturated carbocycles. The topological polar surface area (TPSA) is 71.0 Å². The molecular weight excluding hydrogens is 473 g/mol. The zero-order valence-electron chi connectivity index (χ0n) is 21.1. The van der Waals surface area contributed by atoms with Crippen LogP contribution in [0.25, 0.3) is 10.8 Å². The van der Waals surface area contributed by atoms with E-state index in [1.807, 2.05) is 46.7 Å². The molecule has 190 valence electrons. The van der Waals surface area contributed by atoms with Crippen LogP contribution in [-0.2, 0) is 11.2 Å². The van der Waals surface area contributed by atoms with Crippen molar-refractivity contribution in [1.82, 2.24) is 19.8 Å². The van der Waals surface area contributed by atoms with Crippen LogP contribution >= 0.6 is 11.6 Å². The van der Waals surface area contributed by atoms with E-state index in [1.165, 1.54) is 0 Å². The first-order valence-corrected chi connectivity index (χ1v) is 12.6. The van der Waals surface area contributed by atoms with Crippen molar-refractivity contribution in [3.63, 3.8) is 0 Å². The van der Waals surface area contributed by atoms with E-state index < -0.39 is 11.4 Å². The number of anilines is 1. The Morgan fingerprint density at radius 3 is 2.74 bits per heavy atom. The van der Waals surface area contributed by atoms with Crippen LogP contribution in [0.1, 0.15) is 46.2 Å². The van der Waals surface area contributed by atoms with E-state index in [2.05, 4.69) is 14.8 Å². The van der Waals surface area contributed by atoms with Crippen LogP contribution in [-0.4, -0.2) is 82.9 Å². The third-order valence-corrected chi connectivity index (χ3v) is 7.31. The van der Waals surface area contributed by atoms with E-state index in [0.29, 0.717) is 29.6 Å². The van der Waals surface area contributed by atoms with Crippen molar-refractivity contribution in [1.29, 1.82) is 0 Å². The van der Waals surface area contributed by atoms with Crippen molar-refractivity contribution < 1.29 is 18.7 Å². The van der Waals surface area contributed by atoms with Gasteiger partial charge in [-0.3, -0.25) is 4.90 Å². The van der Waals surface area contributed by atoms with Gasteiger partial charge in [-0.15, -0.1) is 0 Å². The fourth-order valence-corrected chi connectivity index (χ4v) is 5.83. The van der Waals surface area contributed by atoms with Crippen LogP contribution in [0, 0.1) is 5.82 Å². The van der Waals surface area contributed by atoms with Crippen LogP contribution in [0.5, 0.6) is 5.88 Å².